The minimum atomic E-state index is -0.00259. The van der Waals surface area contributed by atoms with Crippen molar-refractivity contribution >= 4 is 62.5 Å². The zero-order valence-electron chi connectivity index (χ0n) is 24.8. The zero-order valence-corrected chi connectivity index (χ0v) is 27.3. The molecule has 0 atom stereocenters. The minimum absolute atomic E-state index is 0.00259. The highest BCUT2D eigenvalue weighted by Gasteiger charge is 2.35. The number of thioether (sulfide) groups is 2. The van der Waals surface area contributed by atoms with Crippen molar-refractivity contribution in [3.8, 4) is 0 Å². The first-order valence-electron chi connectivity index (χ1n) is 15.0. The molecule has 45 heavy (non-hydrogen) atoms. The molecule has 232 valence electrons. The summed E-state index contributed by atoms with van der Waals surface area (Å²) in [4.78, 5) is 19.2. The van der Waals surface area contributed by atoms with E-state index in [0.29, 0.717) is 44.3 Å². The lowest BCUT2D eigenvalue weighted by atomic mass is 9.88. The summed E-state index contributed by atoms with van der Waals surface area (Å²) in [6, 6.07) is 27.0. The molecule has 0 saturated heterocycles. The number of carbonyl (C=O) groups excluding carboxylic acids is 1. The van der Waals surface area contributed by atoms with Crippen LogP contribution in [0.5, 0.6) is 0 Å². The summed E-state index contributed by atoms with van der Waals surface area (Å²) < 4.78 is 12.3. The molecule has 1 aliphatic heterocycles. The van der Waals surface area contributed by atoms with Gasteiger partial charge in [0.05, 0.1) is 50.4 Å². The van der Waals surface area contributed by atoms with Crippen molar-refractivity contribution in [2.24, 2.45) is 0 Å². The number of aliphatic hydroxyl groups is 2. The Bertz CT molecular complexity index is 1740. The number of ketones is 1. The van der Waals surface area contributed by atoms with E-state index in [0.717, 1.165) is 37.4 Å². The van der Waals surface area contributed by atoms with Gasteiger partial charge in [0.25, 0.3) is 0 Å². The molecular formula is C36H35NO5S3. The fraction of sp³-hybridized carbons (Fsp3) is 0.250. The van der Waals surface area contributed by atoms with Crippen LogP contribution in [-0.4, -0.2) is 67.9 Å². The third-order valence-corrected chi connectivity index (χ3v) is 10.9. The predicted octanol–water partition coefficient (Wildman–Crippen LogP) is 6.92. The zero-order chi connectivity index (χ0) is 31.0. The van der Waals surface area contributed by atoms with Crippen LogP contribution in [0.25, 0.3) is 16.2 Å². The number of para-hydroxylation sites is 1. The summed E-state index contributed by atoms with van der Waals surface area (Å²) in [5.74, 6) is 0.718. The number of hydrogen-bond donors (Lipinski definition) is 2. The SMILES string of the molecule is O=C1C(/C=C2/Sc3ccccc3N2CCO)=C(SCCOCCOCCO)C/1=C\c1sc2ccccc2c1Cc1ccccc1. The van der Waals surface area contributed by atoms with Crippen molar-refractivity contribution < 1.29 is 24.5 Å². The quantitative estimate of drug-likeness (QED) is 0.105. The number of thiophene rings is 1. The number of allylic oxidation sites excluding steroid dienone is 3. The number of rotatable bonds is 15. The van der Waals surface area contributed by atoms with Crippen LogP contribution in [-0.2, 0) is 20.7 Å². The summed E-state index contributed by atoms with van der Waals surface area (Å²) >= 11 is 4.99. The number of nitrogens with zero attached hydrogens (tertiary/aromatic N) is 1. The van der Waals surface area contributed by atoms with Gasteiger partial charge in [-0.05, 0) is 53.3 Å². The normalized spacial score (nSPS) is 16.3. The maximum Gasteiger partial charge on any atom is 0.195 e. The Morgan fingerprint density at radius 3 is 2.40 bits per heavy atom. The van der Waals surface area contributed by atoms with Crippen molar-refractivity contribution in [1.82, 2.24) is 0 Å². The van der Waals surface area contributed by atoms with Crippen LogP contribution < -0.4 is 4.90 Å². The lowest BCUT2D eigenvalue weighted by Crippen LogP contribution is -2.24. The monoisotopic (exact) mass is 657 g/mol. The maximum absolute atomic E-state index is 13.9. The first-order valence-corrected chi connectivity index (χ1v) is 17.6. The molecule has 0 fully saturated rings. The van der Waals surface area contributed by atoms with Gasteiger partial charge in [0, 0.05) is 42.8 Å². The number of ether oxygens (including phenoxy) is 2. The van der Waals surface area contributed by atoms with Crippen molar-refractivity contribution in [2.45, 2.75) is 11.3 Å². The Kier molecular flexibility index (Phi) is 10.9. The number of β-amino-alcohol motifs (C(OH)–C–C–N with tert-alkyl or cyclic N) is 1. The van der Waals surface area contributed by atoms with E-state index in [2.05, 4.69) is 65.6 Å². The standard InChI is InChI=1S/C36H35NO5S3/c38-15-14-37-30-11-5-7-13-32(30)45-34(37)24-29-35(40)28(36(29)43-21-20-42-19-18-41-17-16-39)23-33-27(22-25-8-2-1-3-9-25)26-10-4-6-12-31(26)44-33/h1-13,23-24,38-39H,14-22H2/b28-23-,34-24+. The van der Waals surface area contributed by atoms with Crippen LogP contribution in [0.15, 0.2) is 111 Å². The van der Waals surface area contributed by atoms with Gasteiger partial charge >= 0.3 is 0 Å². The molecule has 2 N–H and O–H groups in total. The fourth-order valence-corrected chi connectivity index (χ4v) is 8.72. The highest BCUT2D eigenvalue weighted by atomic mass is 32.2. The predicted molar refractivity (Wildman–Crippen MR) is 187 cm³/mol. The molecule has 0 saturated carbocycles. The van der Waals surface area contributed by atoms with Gasteiger partial charge in [-0.25, -0.2) is 0 Å². The number of hydrogen-bond acceptors (Lipinski definition) is 9. The highest BCUT2D eigenvalue weighted by molar-refractivity contribution is 8.04. The molecule has 0 amide bonds. The molecule has 1 aromatic heterocycles. The maximum atomic E-state index is 13.9. The Hall–Kier alpha value is -3.15. The number of fused-ring (bicyclic) bond motifs is 2. The lowest BCUT2D eigenvalue weighted by molar-refractivity contribution is -0.112. The van der Waals surface area contributed by atoms with Crippen molar-refractivity contribution in [3.05, 3.63) is 122 Å². The van der Waals surface area contributed by atoms with E-state index < -0.39 is 0 Å². The van der Waals surface area contributed by atoms with E-state index in [4.69, 9.17) is 14.6 Å². The van der Waals surface area contributed by atoms with Crippen LogP contribution in [0.2, 0.25) is 0 Å². The topological polar surface area (TPSA) is 79.2 Å². The van der Waals surface area contributed by atoms with E-state index in [1.165, 1.54) is 21.2 Å². The van der Waals surface area contributed by atoms with Gasteiger partial charge in [-0.3, -0.25) is 4.79 Å². The Labute approximate surface area is 276 Å². The van der Waals surface area contributed by atoms with E-state index in [-0.39, 0.29) is 19.0 Å². The number of carbonyl (C=O) groups is 1. The van der Waals surface area contributed by atoms with Gasteiger partial charge in [-0.2, -0.15) is 0 Å². The molecule has 9 heteroatoms. The van der Waals surface area contributed by atoms with Gasteiger partial charge in [0.15, 0.2) is 5.78 Å². The molecule has 3 aromatic carbocycles. The van der Waals surface area contributed by atoms with E-state index in [1.807, 2.05) is 30.3 Å². The van der Waals surface area contributed by atoms with Gasteiger partial charge < -0.3 is 24.6 Å². The van der Waals surface area contributed by atoms with Crippen LogP contribution in [0.4, 0.5) is 5.69 Å². The second-order valence-electron chi connectivity index (χ2n) is 10.5. The van der Waals surface area contributed by atoms with Gasteiger partial charge in [-0.1, -0.05) is 72.4 Å². The smallest absolute Gasteiger partial charge is 0.195 e. The van der Waals surface area contributed by atoms with E-state index in [1.54, 1.807) is 34.9 Å². The largest absolute Gasteiger partial charge is 0.395 e. The summed E-state index contributed by atoms with van der Waals surface area (Å²) in [6.07, 6.45) is 4.86. The van der Waals surface area contributed by atoms with E-state index in [9.17, 15) is 9.90 Å². The molecule has 0 spiro atoms. The van der Waals surface area contributed by atoms with Crippen LogP contribution >= 0.6 is 34.9 Å². The molecule has 1 aliphatic carbocycles. The molecular weight excluding hydrogens is 623 g/mol. The summed E-state index contributed by atoms with van der Waals surface area (Å²) in [5.41, 5.74) is 4.95. The van der Waals surface area contributed by atoms with E-state index >= 15 is 0 Å². The Morgan fingerprint density at radius 1 is 0.822 bits per heavy atom. The number of anilines is 1. The third-order valence-electron chi connectivity index (χ3n) is 7.52. The minimum Gasteiger partial charge on any atom is -0.395 e. The highest BCUT2D eigenvalue weighted by Crippen LogP contribution is 2.49. The molecule has 2 heterocycles. The first kappa shape index (κ1) is 31.8. The number of Topliss-reactive ketones (excluding diaryl/α,β-unsaturated/α-hetero) is 1. The third kappa shape index (κ3) is 7.31. The van der Waals surface area contributed by atoms with Crippen LogP contribution in [0, 0.1) is 0 Å². The number of aliphatic hydroxyl groups excluding tert-OH is 2. The second-order valence-corrected chi connectivity index (χ2v) is 13.7. The molecule has 6 rings (SSSR count). The average molecular weight is 658 g/mol. The van der Waals surface area contributed by atoms with Gasteiger partial charge in [0.2, 0.25) is 0 Å². The molecule has 0 unspecified atom stereocenters. The van der Waals surface area contributed by atoms with Crippen molar-refractivity contribution in [3.63, 3.8) is 0 Å². The molecule has 4 aromatic rings. The molecule has 2 aliphatic rings. The molecule has 6 nitrogen and oxygen atoms in total. The van der Waals surface area contributed by atoms with Crippen molar-refractivity contribution in [1.29, 1.82) is 0 Å². The Morgan fingerprint density at radius 2 is 1.58 bits per heavy atom. The molecule has 0 bridgehead atoms. The Balaban J connectivity index is 1.32. The average Bonchev–Trinajstić information content (AvgIpc) is 3.60. The van der Waals surface area contributed by atoms with Gasteiger partial charge in [0.1, 0.15) is 0 Å². The second kappa shape index (κ2) is 15.4. The van der Waals surface area contributed by atoms with Crippen LogP contribution in [0.3, 0.4) is 0 Å². The summed E-state index contributed by atoms with van der Waals surface area (Å²) in [6.45, 7) is 2.18. The van der Waals surface area contributed by atoms with Crippen molar-refractivity contribution in [2.75, 3.05) is 56.8 Å². The molecule has 0 radical (unpaired) electrons. The first-order chi connectivity index (χ1) is 22.2. The van der Waals surface area contributed by atoms with Gasteiger partial charge in [-0.15, -0.1) is 23.1 Å². The van der Waals surface area contributed by atoms with Crippen LogP contribution in [0.1, 0.15) is 16.0 Å². The summed E-state index contributed by atoms with van der Waals surface area (Å²) in [5, 5.41) is 20.9. The number of benzene rings is 3. The lowest BCUT2D eigenvalue weighted by Gasteiger charge is -2.26. The fourth-order valence-electron chi connectivity index (χ4n) is 5.40. The summed E-state index contributed by atoms with van der Waals surface area (Å²) in [7, 11) is 0.